The molecule has 0 bridgehead atoms. The molecular weight excluding hydrogens is 386 g/mol. The average Bonchev–Trinajstić information content (AvgIpc) is 3.16. The van der Waals surface area contributed by atoms with Gasteiger partial charge in [-0.15, -0.1) is 23.7 Å². The number of methoxy groups -OCH3 is 2. The van der Waals surface area contributed by atoms with Gasteiger partial charge in [0.15, 0.2) is 5.13 Å². The van der Waals surface area contributed by atoms with Gasteiger partial charge >= 0.3 is 0 Å². The van der Waals surface area contributed by atoms with Crippen molar-refractivity contribution in [1.82, 2.24) is 10.3 Å². The van der Waals surface area contributed by atoms with Crippen molar-refractivity contribution in [3.63, 3.8) is 0 Å². The normalized spacial score (nSPS) is 19.9. The Balaban J connectivity index is 0.00000210. The van der Waals surface area contributed by atoms with Gasteiger partial charge in [-0.25, -0.2) is 4.98 Å². The van der Waals surface area contributed by atoms with E-state index in [2.05, 4.69) is 15.6 Å². The molecule has 1 saturated carbocycles. The van der Waals surface area contributed by atoms with E-state index in [1.807, 2.05) is 23.6 Å². The van der Waals surface area contributed by atoms with Gasteiger partial charge in [-0.3, -0.25) is 4.79 Å². The van der Waals surface area contributed by atoms with Gasteiger partial charge in [0, 0.05) is 16.9 Å². The second-order valence-corrected chi connectivity index (χ2v) is 7.82. The van der Waals surface area contributed by atoms with Crippen LogP contribution in [0.4, 0.5) is 5.13 Å². The fraction of sp³-hybridized carbons (Fsp3) is 0.474. The number of amides is 1. The van der Waals surface area contributed by atoms with Gasteiger partial charge in [0.05, 0.1) is 19.9 Å². The van der Waals surface area contributed by atoms with Crippen molar-refractivity contribution in [2.24, 2.45) is 11.3 Å². The number of aromatic nitrogens is 1. The lowest BCUT2D eigenvalue weighted by Crippen LogP contribution is -2.31. The first-order chi connectivity index (χ1) is 12.6. The molecule has 1 aliphatic carbocycles. The van der Waals surface area contributed by atoms with Crippen LogP contribution in [0.15, 0.2) is 23.6 Å². The summed E-state index contributed by atoms with van der Waals surface area (Å²) < 4.78 is 10.7. The van der Waals surface area contributed by atoms with Crippen molar-refractivity contribution in [2.75, 3.05) is 32.6 Å². The zero-order valence-corrected chi connectivity index (χ0v) is 17.0. The van der Waals surface area contributed by atoms with Crippen LogP contribution in [0.1, 0.15) is 19.3 Å². The first-order valence-electron chi connectivity index (χ1n) is 8.85. The largest absolute Gasteiger partial charge is 0.497 e. The number of rotatable bonds is 5. The third-order valence-corrected chi connectivity index (χ3v) is 6.28. The Morgan fingerprint density at radius 1 is 1.30 bits per heavy atom. The Kier molecular flexibility index (Phi) is 5.93. The van der Waals surface area contributed by atoms with Crippen molar-refractivity contribution in [3.8, 4) is 22.8 Å². The Labute approximate surface area is 169 Å². The molecule has 1 aliphatic heterocycles. The molecule has 2 heterocycles. The maximum atomic E-state index is 12.6. The summed E-state index contributed by atoms with van der Waals surface area (Å²) >= 11 is 1.43. The number of hydrogen-bond donors (Lipinski definition) is 2. The molecule has 1 amide bonds. The van der Waals surface area contributed by atoms with E-state index in [0.29, 0.717) is 5.13 Å². The van der Waals surface area contributed by atoms with Crippen LogP contribution >= 0.6 is 23.7 Å². The van der Waals surface area contributed by atoms with Gasteiger partial charge in [-0.2, -0.15) is 0 Å². The number of thiazole rings is 1. The first-order valence-corrected chi connectivity index (χ1v) is 9.73. The highest BCUT2D eigenvalue weighted by molar-refractivity contribution is 7.14. The summed E-state index contributed by atoms with van der Waals surface area (Å²) in [6.07, 6.45) is 3.19. The molecule has 27 heavy (non-hydrogen) atoms. The maximum absolute atomic E-state index is 12.6. The minimum Gasteiger partial charge on any atom is -0.497 e. The van der Waals surface area contributed by atoms with Crippen molar-refractivity contribution in [2.45, 2.75) is 19.3 Å². The standard InChI is InChI=1S/C19H23N3O3S.ClH/c1-24-12-3-4-16(25-2)13(9-12)15-11-26-18(21-15)22-17(23)14-10-19(14)5-7-20-8-6-19;/h3-4,9,11,14,20H,5-8,10H2,1-2H3,(H,21,22,23);1H. The van der Waals surface area contributed by atoms with Crippen molar-refractivity contribution in [3.05, 3.63) is 23.6 Å². The average molecular weight is 410 g/mol. The molecule has 2 N–H and O–H groups in total. The lowest BCUT2D eigenvalue weighted by atomic mass is 9.92. The summed E-state index contributed by atoms with van der Waals surface area (Å²) in [5.74, 6) is 1.70. The summed E-state index contributed by atoms with van der Waals surface area (Å²) in [7, 11) is 3.26. The zero-order valence-electron chi connectivity index (χ0n) is 15.4. The Morgan fingerprint density at radius 3 is 2.78 bits per heavy atom. The molecule has 2 fully saturated rings. The third kappa shape index (κ3) is 3.90. The molecule has 0 radical (unpaired) electrons. The second-order valence-electron chi connectivity index (χ2n) is 6.96. The van der Waals surface area contributed by atoms with E-state index in [4.69, 9.17) is 9.47 Å². The topological polar surface area (TPSA) is 72.5 Å². The second kappa shape index (κ2) is 8.04. The SMILES string of the molecule is COc1ccc(OC)c(-c2csc(NC(=O)C3CC34CCNCC4)n2)c1.Cl. The van der Waals surface area contributed by atoms with E-state index in [-0.39, 0.29) is 29.6 Å². The molecule has 146 valence electrons. The van der Waals surface area contributed by atoms with E-state index >= 15 is 0 Å². The van der Waals surface area contributed by atoms with Crippen LogP contribution in [0.5, 0.6) is 11.5 Å². The van der Waals surface area contributed by atoms with Crippen LogP contribution < -0.4 is 20.1 Å². The molecule has 1 unspecified atom stereocenters. The molecule has 6 nitrogen and oxygen atoms in total. The van der Waals surface area contributed by atoms with Crippen LogP contribution in [-0.2, 0) is 4.79 Å². The summed E-state index contributed by atoms with van der Waals surface area (Å²) in [6.45, 7) is 2.03. The highest BCUT2D eigenvalue weighted by Gasteiger charge is 2.57. The fourth-order valence-corrected chi connectivity index (χ4v) is 4.57. The highest BCUT2D eigenvalue weighted by Crippen LogP contribution is 2.58. The number of piperidine rings is 1. The van der Waals surface area contributed by atoms with Gasteiger partial charge in [0.2, 0.25) is 5.91 Å². The Bertz CT molecular complexity index is 820. The highest BCUT2D eigenvalue weighted by atomic mass is 35.5. The molecule has 1 aromatic carbocycles. The number of nitrogens with one attached hydrogen (secondary N) is 2. The summed E-state index contributed by atoms with van der Waals surface area (Å²) in [5, 5.41) is 8.94. The van der Waals surface area contributed by atoms with Gasteiger partial charge in [-0.05, 0) is 56.0 Å². The van der Waals surface area contributed by atoms with E-state index < -0.39 is 0 Å². The summed E-state index contributed by atoms with van der Waals surface area (Å²) in [5.41, 5.74) is 1.85. The number of nitrogens with zero attached hydrogens (tertiary/aromatic N) is 1. The first kappa shape index (κ1) is 19.9. The molecule has 2 aliphatic rings. The molecule has 1 atom stereocenters. The fourth-order valence-electron chi connectivity index (χ4n) is 3.86. The number of benzene rings is 1. The van der Waals surface area contributed by atoms with Crippen molar-refractivity contribution in [1.29, 1.82) is 0 Å². The molecule has 4 rings (SSSR count). The number of carbonyl (C=O) groups excluding carboxylic acids is 1. The number of carbonyl (C=O) groups is 1. The van der Waals surface area contributed by atoms with Crippen LogP contribution in [0.3, 0.4) is 0 Å². The van der Waals surface area contributed by atoms with Crippen LogP contribution in [0.2, 0.25) is 0 Å². The number of hydrogen-bond acceptors (Lipinski definition) is 6. The minimum atomic E-state index is 0. The number of anilines is 1. The minimum absolute atomic E-state index is 0. The number of ether oxygens (including phenoxy) is 2. The van der Waals surface area contributed by atoms with E-state index in [0.717, 1.165) is 55.1 Å². The lowest BCUT2D eigenvalue weighted by Gasteiger charge is -2.22. The van der Waals surface area contributed by atoms with E-state index in [9.17, 15) is 4.79 Å². The summed E-state index contributed by atoms with van der Waals surface area (Å²) in [4.78, 5) is 17.2. The Hall–Kier alpha value is -1.83. The van der Waals surface area contributed by atoms with Crippen LogP contribution in [-0.4, -0.2) is 38.2 Å². The quantitative estimate of drug-likeness (QED) is 0.789. The van der Waals surface area contributed by atoms with Crippen molar-refractivity contribution >= 4 is 34.8 Å². The van der Waals surface area contributed by atoms with Gasteiger partial charge in [0.25, 0.3) is 0 Å². The van der Waals surface area contributed by atoms with E-state index in [1.54, 1.807) is 14.2 Å². The molecule has 1 saturated heterocycles. The maximum Gasteiger partial charge on any atom is 0.229 e. The van der Waals surface area contributed by atoms with Crippen molar-refractivity contribution < 1.29 is 14.3 Å². The Morgan fingerprint density at radius 2 is 2.07 bits per heavy atom. The lowest BCUT2D eigenvalue weighted by molar-refractivity contribution is -0.118. The monoisotopic (exact) mass is 409 g/mol. The van der Waals surface area contributed by atoms with Crippen LogP contribution in [0, 0.1) is 11.3 Å². The molecule has 2 aromatic rings. The third-order valence-electron chi connectivity index (χ3n) is 5.52. The molecular formula is C19H24ClN3O3S. The smallest absolute Gasteiger partial charge is 0.229 e. The van der Waals surface area contributed by atoms with Gasteiger partial charge in [0.1, 0.15) is 11.5 Å². The van der Waals surface area contributed by atoms with Crippen LogP contribution in [0.25, 0.3) is 11.3 Å². The van der Waals surface area contributed by atoms with E-state index in [1.165, 1.54) is 11.3 Å². The molecule has 1 aromatic heterocycles. The van der Waals surface area contributed by atoms with Gasteiger partial charge in [-0.1, -0.05) is 0 Å². The number of halogens is 1. The van der Waals surface area contributed by atoms with Gasteiger partial charge < -0.3 is 20.1 Å². The predicted octanol–water partition coefficient (Wildman–Crippen LogP) is 3.58. The zero-order chi connectivity index (χ0) is 18.1. The molecule has 1 spiro atoms. The molecule has 8 heteroatoms. The predicted molar refractivity (Wildman–Crippen MR) is 109 cm³/mol. The summed E-state index contributed by atoms with van der Waals surface area (Å²) in [6, 6.07) is 5.60.